The van der Waals surface area contributed by atoms with Crippen LogP contribution in [0.1, 0.15) is 5.56 Å². The van der Waals surface area contributed by atoms with Gasteiger partial charge in [-0.15, -0.1) is 0 Å². The van der Waals surface area contributed by atoms with Crippen LogP contribution in [0, 0.1) is 21.4 Å². The standard InChI is InChI=1S/C18H15N3O4/c19-13-15(12-14-6-4-5-9-17(14)21(23)24)18(22)20-10-11-25-16-7-2-1-3-8-16/h1-9,12H,10-11H2,(H,20,22)/b15-12-. The molecule has 2 aromatic rings. The van der Waals surface area contributed by atoms with Crippen molar-refractivity contribution in [3.8, 4) is 11.8 Å². The average molecular weight is 337 g/mol. The number of nitro groups is 1. The summed E-state index contributed by atoms with van der Waals surface area (Å²) in [6.07, 6.45) is 1.20. The van der Waals surface area contributed by atoms with Crippen LogP contribution in [0.4, 0.5) is 5.69 Å². The van der Waals surface area contributed by atoms with Gasteiger partial charge in [0.1, 0.15) is 24.0 Å². The molecule has 0 heterocycles. The fourth-order valence-electron chi connectivity index (χ4n) is 2.03. The molecule has 1 N–H and O–H groups in total. The number of nitrogens with one attached hydrogen (secondary N) is 1. The molecule has 0 unspecified atom stereocenters. The number of nitriles is 1. The molecule has 7 nitrogen and oxygen atoms in total. The van der Waals surface area contributed by atoms with Crippen LogP contribution in [0.2, 0.25) is 0 Å². The highest BCUT2D eigenvalue weighted by Gasteiger charge is 2.14. The smallest absolute Gasteiger partial charge is 0.276 e. The molecular formula is C18H15N3O4. The molecule has 0 saturated heterocycles. The first-order valence-corrected chi connectivity index (χ1v) is 7.43. The lowest BCUT2D eigenvalue weighted by Crippen LogP contribution is -2.29. The van der Waals surface area contributed by atoms with Gasteiger partial charge < -0.3 is 10.1 Å². The van der Waals surface area contributed by atoms with E-state index < -0.39 is 10.8 Å². The molecule has 126 valence electrons. The first-order chi connectivity index (χ1) is 12.1. The van der Waals surface area contributed by atoms with Crippen LogP contribution in [0.5, 0.6) is 5.75 Å². The number of amides is 1. The lowest BCUT2D eigenvalue weighted by molar-refractivity contribution is -0.385. The van der Waals surface area contributed by atoms with Gasteiger partial charge in [0.25, 0.3) is 11.6 Å². The predicted molar refractivity (Wildman–Crippen MR) is 91.6 cm³/mol. The monoisotopic (exact) mass is 337 g/mol. The normalized spacial score (nSPS) is 10.6. The molecule has 0 aliphatic rings. The quantitative estimate of drug-likeness (QED) is 0.275. The molecule has 0 atom stereocenters. The second kappa shape index (κ2) is 8.84. The highest BCUT2D eigenvalue weighted by atomic mass is 16.6. The number of benzene rings is 2. The second-order valence-electron chi connectivity index (χ2n) is 4.90. The molecule has 2 aromatic carbocycles. The van der Waals surface area contributed by atoms with Crippen molar-refractivity contribution in [2.75, 3.05) is 13.2 Å². The maximum atomic E-state index is 12.0. The number of hydrogen-bond donors (Lipinski definition) is 1. The maximum Gasteiger partial charge on any atom is 0.276 e. The molecule has 25 heavy (non-hydrogen) atoms. The van der Waals surface area contributed by atoms with Crippen LogP contribution in [0.15, 0.2) is 60.2 Å². The number of nitrogens with zero attached hydrogens (tertiary/aromatic N) is 2. The molecular weight excluding hydrogens is 322 g/mol. The van der Waals surface area contributed by atoms with Crippen molar-refractivity contribution in [3.05, 3.63) is 75.8 Å². The topological polar surface area (TPSA) is 105 Å². The number of carbonyl (C=O) groups excluding carboxylic acids is 1. The number of carbonyl (C=O) groups is 1. The summed E-state index contributed by atoms with van der Waals surface area (Å²) in [5.41, 5.74) is -0.191. The Morgan fingerprint density at radius 3 is 2.56 bits per heavy atom. The van der Waals surface area contributed by atoms with Gasteiger partial charge in [-0.1, -0.05) is 30.3 Å². The summed E-state index contributed by atoms with van der Waals surface area (Å²) >= 11 is 0. The molecule has 0 aromatic heterocycles. The third-order valence-electron chi connectivity index (χ3n) is 3.20. The Balaban J connectivity index is 1.97. The van der Waals surface area contributed by atoms with E-state index in [2.05, 4.69) is 5.32 Å². The van der Waals surface area contributed by atoms with E-state index in [9.17, 15) is 14.9 Å². The predicted octanol–water partition coefficient (Wildman–Crippen LogP) is 2.70. The Morgan fingerprint density at radius 2 is 1.88 bits per heavy atom. The summed E-state index contributed by atoms with van der Waals surface area (Å²) < 4.78 is 5.43. The van der Waals surface area contributed by atoms with E-state index in [1.165, 1.54) is 24.3 Å². The number of hydrogen-bond acceptors (Lipinski definition) is 5. The molecule has 0 aliphatic heterocycles. The maximum absolute atomic E-state index is 12.0. The molecule has 2 rings (SSSR count). The van der Waals surface area contributed by atoms with Gasteiger partial charge in [0.05, 0.1) is 17.0 Å². The Kier molecular flexibility index (Phi) is 6.25. The summed E-state index contributed by atoms with van der Waals surface area (Å²) in [6.45, 7) is 0.434. The van der Waals surface area contributed by atoms with Crippen molar-refractivity contribution in [1.82, 2.24) is 5.32 Å². The Hall–Kier alpha value is -3.66. The van der Waals surface area contributed by atoms with Gasteiger partial charge in [0.2, 0.25) is 0 Å². The minimum atomic E-state index is -0.614. The van der Waals surface area contributed by atoms with Gasteiger partial charge in [-0.05, 0) is 24.3 Å². The van der Waals surface area contributed by atoms with E-state index in [-0.39, 0.29) is 30.0 Å². The zero-order valence-electron chi connectivity index (χ0n) is 13.2. The van der Waals surface area contributed by atoms with Gasteiger partial charge in [-0.25, -0.2) is 0 Å². The van der Waals surface area contributed by atoms with Crippen molar-refractivity contribution in [2.45, 2.75) is 0 Å². The van der Waals surface area contributed by atoms with Crippen molar-refractivity contribution in [2.24, 2.45) is 0 Å². The number of rotatable bonds is 7. The summed E-state index contributed by atoms with van der Waals surface area (Å²) in [6, 6.07) is 16.8. The third-order valence-corrected chi connectivity index (χ3v) is 3.20. The fourth-order valence-corrected chi connectivity index (χ4v) is 2.03. The van der Waals surface area contributed by atoms with Gasteiger partial charge in [-0.2, -0.15) is 5.26 Å². The average Bonchev–Trinajstić information content (AvgIpc) is 2.64. The summed E-state index contributed by atoms with van der Waals surface area (Å²) in [5, 5.41) is 22.7. The minimum Gasteiger partial charge on any atom is -0.492 e. The largest absolute Gasteiger partial charge is 0.492 e. The van der Waals surface area contributed by atoms with E-state index in [0.717, 1.165) is 0 Å². The van der Waals surface area contributed by atoms with Crippen LogP contribution >= 0.6 is 0 Å². The summed E-state index contributed by atoms with van der Waals surface area (Å²) in [4.78, 5) is 22.5. The number of para-hydroxylation sites is 2. The van der Waals surface area contributed by atoms with Crippen molar-refractivity contribution < 1.29 is 14.5 Å². The highest BCUT2D eigenvalue weighted by molar-refractivity contribution is 6.02. The van der Waals surface area contributed by atoms with Crippen LogP contribution in [-0.2, 0) is 4.79 Å². The van der Waals surface area contributed by atoms with Gasteiger partial charge in [0.15, 0.2) is 0 Å². The fraction of sp³-hybridized carbons (Fsp3) is 0.111. The van der Waals surface area contributed by atoms with Crippen LogP contribution in [0.25, 0.3) is 6.08 Å². The lowest BCUT2D eigenvalue weighted by atomic mass is 10.1. The van der Waals surface area contributed by atoms with Crippen LogP contribution < -0.4 is 10.1 Å². The van der Waals surface area contributed by atoms with E-state index in [0.29, 0.717) is 5.75 Å². The van der Waals surface area contributed by atoms with E-state index >= 15 is 0 Å². The first-order valence-electron chi connectivity index (χ1n) is 7.43. The Bertz CT molecular complexity index is 826. The number of ether oxygens (including phenoxy) is 1. The van der Waals surface area contributed by atoms with E-state index in [1.54, 1.807) is 24.3 Å². The van der Waals surface area contributed by atoms with Gasteiger partial charge >= 0.3 is 0 Å². The van der Waals surface area contributed by atoms with Crippen LogP contribution in [-0.4, -0.2) is 24.0 Å². The Labute approximate surface area is 144 Å². The number of nitro benzene ring substituents is 1. The third kappa shape index (κ3) is 5.18. The molecule has 0 spiro atoms. The van der Waals surface area contributed by atoms with Gasteiger partial charge in [0, 0.05) is 6.07 Å². The van der Waals surface area contributed by atoms with Gasteiger partial charge in [-0.3, -0.25) is 14.9 Å². The zero-order chi connectivity index (χ0) is 18.1. The molecule has 0 aliphatic carbocycles. The Morgan fingerprint density at radius 1 is 1.20 bits per heavy atom. The van der Waals surface area contributed by atoms with E-state index in [1.807, 2.05) is 18.2 Å². The first kappa shape index (κ1) is 17.7. The van der Waals surface area contributed by atoms with E-state index in [4.69, 9.17) is 10.00 Å². The lowest BCUT2D eigenvalue weighted by Gasteiger charge is -2.07. The van der Waals surface area contributed by atoms with Crippen LogP contribution in [0.3, 0.4) is 0 Å². The summed E-state index contributed by atoms with van der Waals surface area (Å²) in [7, 11) is 0. The molecule has 0 radical (unpaired) electrons. The van der Waals surface area contributed by atoms with Crippen molar-refractivity contribution >= 4 is 17.7 Å². The molecule has 0 bridgehead atoms. The van der Waals surface area contributed by atoms with Crippen molar-refractivity contribution in [3.63, 3.8) is 0 Å². The molecule has 1 amide bonds. The highest BCUT2D eigenvalue weighted by Crippen LogP contribution is 2.20. The minimum absolute atomic E-state index is 0.171. The molecule has 0 saturated carbocycles. The second-order valence-corrected chi connectivity index (χ2v) is 4.90. The SMILES string of the molecule is N#C/C(=C/c1ccccc1[N+](=O)[O-])C(=O)NCCOc1ccccc1. The molecule has 0 fully saturated rings. The summed E-state index contributed by atoms with van der Waals surface area (Å²) in [5.74, 6) is 0.0602. The van der Waals surface area contributed by atoms with Crippen molar-refractivity contribution in [1.29, 1.82) is 5.26 Å². The zero-order valence-corrected chi connectivity index (χ0v) is 13.2. The molecule has 7 heteroatoms.